The highest BCUT2D eigenvalue weighted by Crippen LogP contribution is 2.14. The Kier molecular flexibility index (Phi) is 6.51. The zero-order valence-corrected chi connectivity index (χ0v) is 16.6. The molecule has 0 aliphatic heterocycles. The molecule has 0 saturated heterocycles. The summed E-state index contributed by atoms with van der Waals surface area (Å²) < 4.78 is 52.4. The molecule has 0 radical (unpaired) electrons. The molecule has 142 valence electrons. The summed E-state index contributed by atoms with van der Waals surface area (Å²) in [5, 5.41) is 0. The summed E-state index contributed by atoms with van der Waals surface area (Å²) in [6.45, 7) is 3.81. The smallest absolute Gasteiger partial charge is 0.240 e. The number of hydrogen-bond acceptors (Lipinski definition) is 5. The van der Waals surface area contributed by atoms with Crippen LogP contribution in [0.25, 0.3) is 0 Å². The topological polar surface area (TPSA) is 96.4 Å². The average molecular weight is 398 g/mol. The molecule has 0 aliphatic carbocycles. The van der Waals surface area contributed by atoms with Gasteiger partial charge < -0.3 is 0 Å². The number of aromatic nitrogens is 1. The molecule has 0 unspecified atom stereocenters. The van der Waals surface area contributed by atoms with Crippen molar-refractivity contribution in [1.82, 2.24) is 14.0 Å². The lowest BCUT2D eigenvalue weighted by Crippen LogP contribution is -2.37. The first-order chi connectivity index (χ1) is 12.1. The van der Waals surface area contributed by atoms with Crippen LogP contribution in [0.4, 0.5) is 0 Å². The van der Waals surface area contributed by atoms with Crippen molar-refractivity contribution >= 4 is 20.0 Å². The third-order valence-corrected chi connectivity index (χ3v) is 6.68. The molecule has 1 aromatic heterocycles. The zero-order chi connectivity index (χ0) is 19.4. The van der Waals surface area contributed by atoms with Gasteiger partial charge in [0.15, 0.2) is 0 Å². The van der Waals surface area contributed by atoms with Gasteiger partial charge in [0.2, 0.25) is 20.0 Å². The van der Waals surface area contributed by atoms with E-state index in [0.29, 0.717) is 5.69 Å². The van der Waals surface area contributed by atoms with Gasteiger partial charge in [0, 0.05) is 19.3 Å². The van der Waals surface area contributed by atoms with E-state index in [-0.39, 0.29) is 24.5 Å². The van der Waals surface area contributed by atoms with E-state index in [4.69, 9.17) is 0 Å². The van der Waals surface area contributed by atoms with Crippen LogP contribution in [0.5, 0.6) is 0 Å². The molecule has 1 aromatic carbocycles. The Labute approximate surface area is 155 Å². The van der Waals surface area contributed by atoms with Crippen molar-refractivity contribution in [2.75, 3.05) is 19.3 Å². The van der Waals surface area contributed by atoms with Crippen molar-refractivity contribution in [2.45, 2.75) is 25.3 Å². The Hall–Kier alpha value is -1.81. The zero-order valence-electron chi connectivity index (χ0n) is 15.0. The summed E-state index contributed by atoms with van der Waals surface area (Å²) in [6.07, 6.45) is 2.67. The normalized spacial score (nSPS) is 12.5. The maximum Gasteiger partial charge on any atom is 0.240 e. The molecule has 2 rings (SSSR count). The Bertz CT molecular complexity index is 959. The van der Waals surface area contributed by atoms with Crippen molar-refractivity contribution in [2.24, 2.45) is 0 Å². The van der Waals surface area contributed by atoms with E-state index in [1.165, 1.54) is 10.4 Å². The molecule has 0 bridgehead atoms. The number of sulfonamides is 2. The number of nitrogens with one attached hydrogen (secondary N) is 1. The molecule has 7 nitrogen and oxygen atoms in total. The van der Waals surface area contributed by atoms with Gasteiger partial charge in [0.1, 0.15) is 0 Å². The van der Waals surface area contributed by atoms with Crippen molar-refractivity contribution in [3.05, 3.63) is 59.4 Å². The van der Waals surface area contributed by atoms with Gasteiger partial charge in [-0.15, -0.1) is 0 Å². The molecule has 0 aliphatic rings. The highest BCUT2D eigenvalue weighted by molar-refractivity contribution is 7.89. The van der Waals surface area contributed by atoms with Crippen molar-refractivity contribution in [3.63, 3.8) is 0 Å². The van der Waals surface area contributed by atoms with Crippen LogP contribution >= 0.6 is 0 Å². The van der Waals surface area contributed by atoms with Gasteiger partial charge in [-0.25, -0.2) is 21.6 Å². The fraction of sp³-hybridized carbons (Fsp3) is 0.353. The molecule has 0 saturated carbocycles. The fourth-order valence-corrected chi connectivity index (χ4v) is 4.20. The first-order valence-corrected chi connectivity index (χ1v) is 11.3. The van der Waals surface area contributed by atoms with Gasteiger partial charge in [0.05, 0.1) is 23.4 Å². The number of pyridine rings is 1. The van der Waals surface area contributed by atoms with Crippen LogP contribution in [0.1, 0.15) is 16.8 Å². The Morgan fingerprint density at radius 3 is 2.35 bits per heavy atom. The minimum absolute atomic E-state index is 0.0134. The van der Waals surface area contributed by atoms with Crippen LogP contribution < -0.4 is 4.72 Å². The molecular formula is C17H23N3O4S2. The molecule has 1 N–H and O–H groups in total. The summed E-state index contributed by atoms with van der Waals surface area (Å²) in [5.74, 6) is 0. The van der Waals surface area contributed by atoms with Gasteiger partial charge in [-0.2, -0.15) is 4.31 Å². The van der Waals surface area contributed by atoms with E-state index in [0.717, 1.165) is 17.4 Å². The number of hydrogen-bond donors (Lipinski definition) is 1. The molecule has 9 heteroatoms. The quantitative estimate of drug-likeness (QED) is 0.727. The van der Waals surface area contributed by atoms with Crippen LogP contribution in [0, 0.1) is 13.8 Å². The fourth-order valence-electron chi connectivity index (χ4n) is 2.30. The molecule has 26 heavy (non-hydrogen) atoms. The van der Waals surface area contributed by atoms with Gasteiger partial charge in [-0.3, -0.25) is 4.98 Å². The highest BCUT2D eigenvalue weighted by atomic mass is 32.2. The van der Waals surface area contributed by atoms with Crippen LogP contribution in [-0.2, 0) is 26.6 Å². The number of rotatable bonds is 8. The van der Waals surface area contributed by atoms with Crippen LogP contribution in [-0.4, -0.2) is 45.5 Å². The van der Waals surface area contributed by atoms with E-state index in [1.54, 1.807) is 36.5 Å². The van der Waals surface area contributed by atoms with E-state index in [9.17, 15) is 16.8 Å². The maximum absolute atomic E-state index is 12.4. The van der Waals surface area contributed by atoms with E-state index in [2.05, 4.69) is 9.71 Å². The SMILES string of the molecule is Cc1ccc(S(=O)(=O)NCCN(Cc2ccccn2)S(C)(=O)=O)cc1C. The molecular weight excluding hydrogens is 374 g/mol. The lowest BCUT2D eigenvalue weighted by Gasteiger charge is -2.19. The minimum Gasteiger partial charge on any atom is -0.260 e. The lowest BCUT2D eigenvalue weighted by atomic mass is 10.1. The Morgan fingerprint density at radius 2 is 1.77 bits per heavy atom. The first kappa shape index (κ1) is 20.5. The summed E-state index contributed by atoms with van der Waals surface area (Å²) >= 11 is 0. The van der Waals surface area contributed by atoms with E-state index in [1.807, 2.05) is 13.8 Å². The predicted octanol–water partition coefficient (Wildman–Crippen LogP) is 1.44. The van der Waals surface area contributed by atoms with Crippen LogP contribution in [0.15, 0.2) is 47.5 Å². The molecule has 1 heterocycles. The highest BCUT2D eigenvalue weighted by Gasteiger charge is 2.20. The Balaban J connectivity index is 2.05. The largest absolute Gasteiger partial charge is 0.260 e. The second-order valence-corrected chi connectivity index (χ2v) is 9.81. The van der Waals surface area contributed by atoms with Gasteiger partial charge in [0.25, 0.3) is 0 Å². The monoisotopic (exact) mass is 397 g/mol. The standard InChI is InChI=1S/C17H23N3O4S2/c1-14-7-8-17(12-15(14)2)26(23,24)19-10-11-20(25(3,21)22)13-16-6-4-5-9-18-16/h4-9,12,19H,10-11,13H2,1-3H3. The van der Waals surface area contributed by atoms with E-state index >= 15 is 0 Å². The third kappa shape index (κ3) is 5.60. The van der Waals surface area contributed by atoms with Crippen molar-refractivity contribution < 1.29 is 16.8 Å². The lowest BCUT2D eigenvalue weighted by molar-refractivity contribution is 0.408. The maximum atomic E-state index is 12.4. The summed E-state index contributed by atoms with van der Waals surface area (Å²) in [4.78, 5) is 4.27. The number of benzene rings is 1. The predicted molar refractivity (Wildman–Crippen MR) is 101 cm³/mol. The third-order valence-electron chi connectivity index (χ3n) is 3.98. The van der Waals surface area contributed by atoms with Gasteiger partial charge in [-0.05, 0) is 49.2 Å². The second-order valence-electron chi connectivity index (χ2n) is 6.06. The molecule has 0 amide bonds. The van der Waals surface area contributed by atoms with Crippen LogP contribution in [0.2, 0.25) is 0 Å². The Morgan fingerprint density at radius 1 is 1.04 bits per heavy atom. The van der Waals surface area contributed by atoms with Crippen molar-refractivity contribution in [1.29, 1.82) is 0 Å². The number of aryl methyl sites for hydroxylation is 2. The second kappa shape index (κ2) is 8.26. The summed E-state index contributed by atoms with van der Waals surface area (Å²) in [7, 11) is -7.20. The average Bonchev–Trinajstić information content (AvgIpc) is 2.56. The number of nitrogens with zero attached hydrogens (tertiary/aromatic N) is 2. The summed E-state index contributed by atoms with van der Waals surface area (Å²) in [5.41, 5.74) is 2.47. The molecule has 0 fully saturated rings. The minimum atomic E-state index is -3.70. The van der Waals surface area contributed by atoms with Gasteiger partial charge in [-0.1, -0.05) is 12.1 Å². The van der Waals surface area contributed by atoms with Gasteiger partial charge >= 0.3 is 0 Å². The molecule has 0 atom stereocenters. The molecule has 0 spiro atoms. The van der Waals surface area contributed by atoms with Crippen molar-refractivity contribution in [3.8, 4) is 0 Å². The summed E-state index contributed by atoms with van der Waals surface area (Å²) in [6, 6.07) is 10.1. The molecule has 2 aromatic rings. The van der Waals surface area contributed by atoms with E-state index < -0.39 is 20.0 Å². The first-order valence-electron chi connectivity index (χ1n) is 8.01. The van der Waals surface area contributed by atoms with Crippen LogP contribution in [0.3, 0.4) is 0 Å².